The van der Waals surface area contributed by atoms with Crippen LogP contribution in [0, 0.1) is 27.2 Å². The number of rotatable bonds is 6. The van der Waals surface area contributed by atoms with Gasteiger partial charge in [0.25, 0.3) is 28.1 Å². The maximum atomic E-state index is 13.8. The van der Waals surface area contributed by atoms with Gasteiger partial charge in [-0.05, 0) is 66.6 Å². The molecule has 13 heteroatoms. The lowest BCUT2D eigenvalue weighted by atomic mass is 10.2. The molecule has 5 aromatic rings. The van der Waals surface area contributed by atoms with E-state index in [4.69, 9.17) is 0 Å². The van der Waals surface area contributed by atoms with Gasteiger partial charge in [-0.25, -0.2) is 9.25 Å². The molecule has 0 aliphatic carbocycles. The molecule has 0 radical (unpaired) electrons. The van der Waals surface area contributed by atoms with Gasteiger partial charge in [-0.15, -0.1) is 11.3 Å². The summed E-state index contributed by atoms with van der Waals surface area (Å²) in [6.07, 6.45) is 2.96. The van der Waals surface area contributed by atoms with Crippen molar-refractivity contribution in [1.82, 2.24) is 13.9 Å². The van der Waals surface area contributed by atoms with E-state index in [0.29, 0.717) is 22.5 Å². The molecule has 42 heavy (non-hydrogen) atoms. The molecule has 5 rings (SSSR count). The minimum atomic E-state index is -0.741. The van der Waals surface area contributed by atoms with E-state index < -0.39 is 26.5 Å². The Morgan fingerprint density at radius 2 is 1.14 bits per heavy atom. The van der Waals surface area contributed by atoms with E-state index in [2.05, 4.69) is 0 Å². The van der Waals surface area contributed by atoms with E-state index >= 15 is 0 Å². The summed E-state index contributed by atoms with van der Waals surface area (Å²) in [6, 6.07) is 19.8. The van der Waals surface area contributed by atoms with Gasteiger partial charge in [-0.2, -0.15) is 0 Å². The molecule has 0 fully saturated rings. The normalized spacial score (nSPS) is 12.0. The van der Waals surface area contributed by atoms with E-state index in [1.807, 2.05) is 0 Å². The standard InChI is InChI=1S/C29H21N5O7S/c1-18-26(29(37)32(30(18)2)21-6-4-3-5-7-21)31-27(35)24(16-19-8-12-22(13-9-19)33(38)39)42-25(28(31)36)17-20-10-14-23(15-11-20)34(40)41/h3-17H,1-2H3. The summed E-state index contributed by atoms with van der Waals surface area (Å²) < 4.78 is 3.92. The van der Waals surface area contributed by atoms with Crippen LogP contribution in [0.25, 0.3) is 23.5 Å². The average Bonchev–Trinajstić information content (AvgIpc) is 3.20. The molecule has 0 aliphatic heterocycles. The van der Waals surface area contributed by atoms with Gasteiger partial charge in [0.05, 0.1) is 30.3 Å². The molecular formula is C29H21N5O7S. The Kier molecular flexibility index (Phi) is 7.34. The second-order valence-electron chi connectivity index (χ2n) is 9.17. The second-order valence-corrected chi connectivity index (χ2v) is 10.3. The van der Waals surface area contributed by atoms with Crippen molar-refractivity contribution in [3.05, 3.63) is 156 Å². The number of benzene rings is 3. The number of nitro groups is 2. The van der Waals surface area contributed by atoms with Crippen LogP contribution in [0.15, 0.2) is 93.2 Å². The van der Waals surface area contributed by atoms with Crippen molar-refractivity contribution in [2.45, 2.75) is 6.92 Å². The zero-order valence-corrected chi connectivity index (χ0v) is 23.0. The predicted molar refractivity (Wildman–Crippen MR) is 158 cm³/mol. The highest BCUT2D eigenvalue weighted by Crippen LogP contribution is 2.14. The summed E-state index contributed by atoms with van der Waals surface area (Å²) in [7, 11) is 1.64. The Bertz CT molecular complexity index is 2060. The van der Waals surface area contributed by atoms with Gasteiger partial charge in [0.15, 0.2) is 0 Å². The van der Waals surface area contributed by atoms with Crippen LogP contribution in [0.2, 0.25) is 0 Å². The highest BCUT2D eigenvalue weighted by atomic mass is 32.1. The number of hydrogen-bond donors (Lipinski definition) is 0. The molecule has 2 heterocycles. The number of para-hydroxylation sites is 1. The SMILES string of the molecule is Cc1c(-n2c(=O)c(=Cc3ccc([N+](=O)[O-])cc3)sc(=Cc3ccc([N+](=O)[O-])cc3)c2=O)c(=O)n(-c2ccccc2)n1C. The topological polar surface area (TPSA) is 152 Å². The molecule has 12 nitrogen and oxygen atoms in total. The van der Waals surface area contributed by atoms with Crippen LogP contribution in [0.1, 0.15) is 16.8 Å². The fourth-order valence-electron chi connectivity index (χ4n) is 4.40. The zero-order chi connectivity index (χ0) is 30.1. The predicted octanol–water partition coefficient (Wildman–Crippen LogP) is 2.53. The van der Waals surface area contributed by atoms with E-state index in [0.717, 1.165) is 15.9 Å². The van der Waals surface area contributed by atoms with E-state index in [1.165, 1.54) is 65.4 Å². The Balaban J connectivity index is 1.83. The minimum absolute atomic E-state index is 0.0885. The molecule has 210 valence electrons. The van der Waals surface area contributed by atoms with Crippen molar-refractivity contribution in [2.75, 3.05) is 0 Å². The quantitative estimate of drug-likeness (QED) is 0.220. The fourth-order valence-corrected chi connectivity index (χ4v) is 5.39. The van der Waals surface area contributed by atoms with Gasteiger partial charge < -0.3 is 0 Å². The molecule has 0 bridgehead atoms. The van der Waals surface area contributed by atoms with Crippen molar-refractivity contribution in [1.29, 1.82) is 0 Å². The highest BCUT2D eigenvalue weighted by Gasteiger charge is 2.21. The lowest BCUT2D eigenvalue weighted by Gasteiger charge is -2.07. The van der Waals surface area contributed by atoms with Gasteiger partial charge in [0.1, 0.15) is 5.69 Å². The Morgan fingerprint density at radius 1 is 0.690 bits per heavy atom. The summed E-state index contributed by atoms with van der Waals surface area (Å²) >= 11 is 0.874. The maximum Gasteiger partial charge on any atom is 0.296 e. The molecule has 0 spiro atoms. The van der Waals surface area contributed by atoms with Crippen LogP contribution in [0.4, 0.5) is 11.4 Å². The minimum Gasteiger partial charge on any atom is -0.283 e. The largest absolute Gasteiger partial charge is 0.296 e. The van der Waals surface area contributed by atoms with Crippen LogP contribution in [0.5, 0.6) is 0 Å². The number of hydrogen-bond acceptors (Lipinski definition) is 8. The molecule has 2 aromatic heterocycles. The van der Waals surface area contributed by atoms with E-state index in [-0.39, 0.29) is 26.1 Å². The number of non-ortho nitro benzene ring substituents is 2. The molecule has 0 amide bonds. The summed E-state index contributed by atoms with van der Waals surface area (Å²) in [5.74, 6) is 0. The third-order valence-electron chi connectivity index (χ3n) is 6.60. The fraction of sp³-hybridized carbons (Fsp3) is 0.0690. The maximum absolute atomic E-state index is 13.8. The number of nitrogens with zero attached hydrogens (tertiary/aromatic N) is 5. The first-order chi connectivity index (χ1) is 20.1. The summed E-state index contributed by atoms with van der Waals surface area (Å²) in [4.78, 5) is 62.5. The van der Waals surface area contributed by atoms with Crippen LogP contribution >= 0.6 is 11.3 Å². The molecule has 0 aliphatic rings. The number of nitro benzene ring substituents is 2. The van der Waals surface area contributed by atoms with Crippen LogP contribution in [0.3, 0.4) is 0 Å². The zero-order valence-electron chi connectivity index (χ0n) is 22.2. The first-order valence-electron chi connectivity index (χ1n) is 12.4. The molecule has 0 atom stereocenters. The van der Waals surface area contributed by atoms with Gasteiger partial charge in [0, 0.05) is 31.3 Å². The Labute approximate surface area is 239 Å². The van der Waals surface area contributed by atoms with Gasteiger partial charge in [-0.1, -0.05) is 18.2 Å². The molecule has 3 aromatic carbocycles. The third kappa shape index (κ3) is 5.11. The Morgan fingerprint density at radius 3 is 1.57 bits per heavy atom. The first kappa shape index (κ1) is 27.9. The first-order valence-corrected chi connectivity index (χ1v) is 13.2. The highest BCUT2D eigenvalue weighted by molar-refractivity contribution is 7.07. The lowest BCUT2D eigenvalue weighted by molar-refractivity contribution is -0.385. The Hall–Kier alpha value is -5.69. The van der Waals surface area contributed by atoms with Crippen LogP contribution in [-0.4, -0.2) is 23.8 Å². The average molecular weight is 584 g/mol. The van der Waals surface area contributed by atoms with Crippen molar-refractivity contribution < 1.29 is 9.85 Å². The van der Waals surface area contributed by atoms with Gasteiger partial charge >= 0.3 is 0 Å². The third-order valence-corrected chi connectivity index (χ3v) is 7.62. The van der Waals surface area contributed by atoms with E-state index in [9.17, 15) is 34.6 Å². The smallest absolute Gasteiger partial charge is 0.283 e. The molecule has 0 unspecified atom stereocenters. The van der Waals surface area contributed by atoms with Crippen LogP contribution < -0.4 is 25.7 Å². The lowest BCUT2D eigenvalue weighted by Crippen LogP contribution is -2.48. The summed E-state index contributed by atoms with van der Waals surface area (Å²) in [6.45, 7) is 1.62. The van der Waals surface area contributed by atoms with Crippen molar-refractivity contribution >= 4 is 34.9 Å². The van der Waals surface area contributed by atoms with Crippen molar-refractivity contribution in [3.8, 4) is 11.4 Å². The van der Waals surface area contributed by atoms with Crippen LogP contribution in [-0.2, 0) is 7.05 Å². The summed E-state index contributed by atoms with van der Waals surface area (Å²) in [5.41, 5.74) is -0.617. The number of aromatic nitrogens is 3. The van der Waals surface area contributed by atoms with Crippen molar-refractivity contribution in [3.63, 3.8) is 0 Å². The second kappa shape index (κ2) is 11.1. The van der Waals surface area contributed by atoms with Gasteiger partial charge in [0.2, 0.25) is 0 Å². The molecular weight excluding hydrogens is 562 g/mol. The summed E-state index contributed by atoms with van der Waals surface area (Å²) in [5, 5.41) is 22.1. The van der Waals surface area contributed by atoms with E-state index in [1.54, 1.807) is 49.0 Å². The molecule has 0 saturated heterocycles. The monoisotopic (exact) mass is 583 g/mol. The molecule has 0 N–H and O–H groups in total. The molecule has 0 saturated carbocycles. The van der Waals surface area contributed by atoms with Gasteiger partial charge in [-0.3, -0.25) is 39.3 Å². The van der Waals surface area contributed by atoms with Crippen molar-refractivity contribution in [2.24, 2.45) is 7.05 Å².